The van der Waals surface area contributed by atoms with Gasteiger partial charge in [0, 0.05) is 25.0 Å². The van der Waals surface area contributed by atoms with Gasteiger partial charge in [-0.3, -0.25) is 14.5 Å². The molecule has 5 heteroatoms. The van der Waals surface area contributed by atoms with E-state index in [0.717, 1.165) is 45.3 Å². The molecule has 1 heterocycles. The normalized spacial score (nSPS) is 24.6. The predicted molar refractivity (Wildman–Crippen MR) is 96.6 cm³/mol. The van der Waals surface area contributed by atoms with Crippen LogP contribution in [0.5, 0.6) is 0 Å². The van der Waals surface area contributed by atoms with Crippen LogP contribution in [0.3, 0.4) is 0 Å². The Kier molecular flexibility index (Phi) is 7.53. The molecule has 2 aliphatic rings. The first kappa shape index (κ1) is 19.2. The Morgan fingerprint density at radius 1 is 1.00 bits per heavy atom. The van der Waals surface area contributed by atoms with Gasteiger partial charge in [-0.1, -0.05) is 33.1 Å². The molecule has 2 N–H and O–H groups in total. The van der Waals surface area contributed by atoms with Crippen LogP contribution in [-0.4, -0.2) is 48.4 Å². The van der Waals surface area contributed by atoms with Crippen molar-refractivity contribution in [2.45, 2.75) is 77.8 Å². The topological polar surface area (TPSA) is 61.4 Å². The van der Waals surface area contributed by atoms with Gasteiger partial charge < -0.3 is 10.6 Å². The largest absolute Gasteiger partial charge is 0.356 e. The average molecular weight is 338 g/mol. The van der Waals surface area contributed by atoms with E-state index in [-0.39, 0.29) is 23.8 Å². The predicted octanol–water partition coefficient (Wildman–Crippen LogP) is 2.31. The molecule has 0 aromatic carbocycles. The maximum atomic E-state index is 12.6. The van der Waals surface area contributed by atoms with Gasteiger partial charge in [-0.2, -0.15) is 0 Å². The number of carbonyl (C=O) groups is 2. The summed E-state index contributed by atoms with van der Waals surface area (Å²) in [5.41, 5.74) is 0. The lowest BCUT2D eigenvalue weighted by molar-refractivity contribution is -0.128. The zero-order chi connectivity index (χ0) is 17.5. The quantitative estimate of drug-likeness (QED) is 0.782. The molecule has 0 aromatic heterocycles. The van der Waals surface area contributed by atoms with Crippen molar-refractivity contribution in [2.24, 2.45) is 11.8 Å². The Balaban J connectivity index is 1.77. The van der Waals surface area contributed by atoms with Gasteiger partial charge in [0.1, 0.15) is 0 Å². The Bertz CT molecular complexity index is 419. The van der Waals surface area contributed by atoms with Crippen LogP contribution >= 0.6 is 0 Å². The molecule has 0 aromatic rings. The summed E-state index contributed by atoms with van der Waals surface area (Å²) < 4.78 is 0. The average Bonchev–Trinajstić information content (AvgIpc) is 2.60. The number of amides is 2. The highest BCUT2D eigenvalue weighted by atomic mass is 16.2. The van der Waals surface area contributed by atoms with Crippen molar-refractivity contribution in [3.05, 3.63) is 0 Å². The highest BCUT2D eigenvalue weighted by Gasteiger charge is 2.29. The number of hydrogen-bond donors (Lipinski definition) is 2. The minimum absolute atomic E-state index is 0.0323. The Morgan fingerprint density at radius 3 is 2.38 bits per heavy atom. The molecule has 1 saturated carbocycles. The number of carbonyl (C=O) groups excluding carboxylic acids is 2. The Hall–Kier alpha value is -1.10. The van der Waals surface area contributed by atoms with Gasteiger partial charge in [0.05, 0.1) is 6.04 Å². The molecule has 0 radical (unpaired) electrons. The van der Waals surface area contributed by atoms with E-state index in [1.807, 2.05) is 20.8 Å². The second-order valence-corrected chi connectivity index (χ2v) is 7.92. The van der Waals surface area contributed by atoms with Gasteiger partial charge in [0.2, 0.25) is 11.8 Å². The van der Waals surface area contributed by atoms with Crippen molar-refractivity contribution in [3.8, 4) is 0 Å². The summed E-state index contributed by atoms with van der Waals surface area (Å²) in [5, 5.41) is 6.29. The van der Waals surface area contributed by atoms with Crippen molar-refractivity contribution in [1.29, 1.82) is 0 Å². The van der Waals surface area contributed by atoms with Crippen molar-refractivity contribution >= 4 is 11.8 Å². The zero-order valence-corrected chi connectivity index (χ0v) is 15.6. The molecule has 1 aliphatic carbocycles. The number of rotatable bonds is 6. The van der Waals surface area contributed by atoms with E-state index in [4.69, 9.17) is 0 Å². The fraction of sp³-hybridized carbons (Fsp3) is 0.895. The maximum absolute atomic E-state index is 12.6. The van der Waals surface area contributed by atoms with Crippen LogP contribution in [-0.2, 0) is 9.59 Å². The first-order valence-electron chi connectivity index (χ1n) is 9.79. The summed E-state index contributed by atoms with van der Waals surface area (Å²) in [7, 11) is 0. The summed E-state index contributed by atoms with van der Waals surface area (Å²) in [6.45, 7) is 8.46. The third-order valence-corrected chi connectivity index (χ3v) is 5.52. The van der Waals surface area contributed by atoms with E-state index in [2.05, 4.69) is 15.5 Å². The zero-order valence-electron chi connectivity index (χ0n) is 15.6. The second-order valence-electron chi connectivity index (χ2n) is 7.92. The number of nitrogens with one attached hydrogen (secondary N) is 2. The van der Waals surface area contributed by atoms with Crippen molar-refractivity contribution < 1.29 is 9.59 Å². The minimum Gasteiger partial charge on any atom is -0.356 e. The molecule has 0 bridgehead atoms. The summed E-state index contributed by atoms with van der Waals surface area (Å²) in [4.78, 5) is 26.6. The first-order valence-corrected chi connectivity index (χ1v) is 9.79. The first-order chi connectivity index (χ1) is 11.5. The lowest BCUT2D eigenvalue weighted by atomic mass is 9.94. The third kappa shape index (κ3) is 5.76. The molecule has 1 saturated heterocycles. The third-order valence-electron chi connectivity index (χ3n) is 5.52. The summed E-state index contributed by atoms with van der Waals surface area (Å²) in [6, 6.07) is 0.301. The van der Waals surface area contributed by atoms with Gasteiger partial charge in [-0.05, 0) is 45.1 Å². The van der Waals surface area contributed by atoms with Crippen LogP contribution in [0.2, 0.25) is 0 Å². The number of likely N-dealkylation sites (tertiary alicyclic amines) is 1. The number of nitrogens with zero attached hydrogens (tertiary/aromatic N) is 1. The molecule has 24 heavy (non-hydrogen) atoms. The lowest BCUT2D eigenvalue weighted by Gasteiger charge is -2.37. The van der Waals surface area contributed by atoms with Crippen molar-refractivity contribution in [1.82, 2.24) is 15.5 Å². The van der Waals surface area contributed by atoms with E-state index >= 15 is 0 Å². The Labute approximate surface area is 146 Å². The van der Waals surface area contributed by atoms with Gasteiger partial charge in [0.25, 0.3) is 0 Å². The Morgan fingerprint density at radius 2 is 1.71 bits per heavy atom. The van der Waals surface area contributed by atoms with Gasteiger partial charge in [0.15, 0.2) is 0 Å². The van der Waals surface area contributed by atoms with Crippen LogP contribution in [0.15, 0.2) is 0 Å². The fourth-order valence-electron chi connectivity index (χ4n) is 3.80. The van der Waals surface area contributed by atoms with E-state index in [1.54, 1.807) is 0 Å². The number of hydrogen-bond acceptors (Lipinski definition) is 3. The molecule has 138 valence electrons. The van der Waals surface area contributed by atoms with Crippen LogP contribution in [0.25, 0.3) is 0 Å². The smallest absolute Gasteiger partial charge is 0.237 e. The molecule has 2 rings (SSSR count). The van der Waals surface area contributed by atoms with Crippen LogP contribution in [0.1, 0.15) is 65.7 Å². The van der Waals surface area contributed by atoms with E-state index in [0.29, 0.717) is 12.0 Å². The van der Waals surface area contributed by atoms with Crippen LogP contribution in [0.4, 0.5) is 0 Å². The summed E-state index contributed by atoms with van der Waals surface area (Å²) in [5.74, 6) is 0.778. The minimum atomic E-state index is -0.0736. The van der Waals surface area contributed by atoms with Crippen molar-refractivity contribution in [3.63, 3.8) is 0 Å². The summed E-state index contributed by atoms with van der Waals surface area (Å²) in [6.07, 6.45) is 8.26. The highest BCUT2D eigenvalue weighted by Crippen LogP contribution is 2.20. The molecule has 2 unspecified atom stereocenters. The highest BCUT2D eigenvalue weighted by molar-refractivity contribution is 5.81. The standard InChI is InChI=1S/C19H35N3O2/c1-14(2)18(23)20-12-16-8-7-11-22(13-16)15(3)19(24)21-17-9-5-4-6-10-17/h14-17H,4-13H2,1-3H3,(H,20,23)(H,21,24). The molecular formula is C19H35N3O2. The molecular weight excluding hydrogens is 302 g/mol. The van der Waals surface area contributed by atoms with E-state index in [9.17, 15) is 9.59 Å². The molecule has 2 fully saturated rings. The van der Waals surface area contributed by atoms with Gasteiger partial charge in [-0.25, -0.2) is 0 Å². The molecule has 5 nitrogen and oxygen atoms in total. The van der Waals surface area contributed by atoms with Crippen molar-refractivity contribution in [2.75, 3.05) is 19.6 Å². The monoisotopic (exact) mass is 337 g/mol. The van der Waals surface area contributed by atoms with Gasteiger partial charge in [-0.15, -0.1) is 0 Å². The second kappa shape index (κ2) is 9.40. The van der Waals surface area contributed by atoms with Crippen LogP contribution in [0, 0.1) is 11.8 Å². The SMILES string of the molecule is CC(C)C(=O)NCC1CCCN(C(C)C(=O)NC2CCCCC2)C1. The maximum Gasteiger partial charge on any atom is 0.237 e. The molecule has 0 spiro atoms. The molecule has 2 atom stereocenters. The summed E-state index contributed by atoms with van der Waals surface area (Å²) >= 11 is 0. The van der Waals surface area contributed by atoms with Crippen LogP contribution < -0.4 is 10.6 Å². The molecule has 2 amide bonds. The number of piperidine rings is 1. The van der Waals surface area contributed by atoms with E-state index in [1.165, 1.54) is 19.3 Å². The van der Waals surface area contributed by atoms with Gasteiger partial charge >= 0.3 is 0 Å². The fourth-order valence-corrected chi connectivity index (χ4v) is 3.80. The van der Waals surface area contributed by atoms with E-state index < -0.39 is 0 Å². The molecule has 1 aliphatic heterocycles. The lowest BCUT2D eigenvalue weighted by Crippen LogP contribution is -2.52.